The van der Waals surface area contributed by atoms with Crippen LogP contribution in [0.1, 0.15) is 22.0 Å². The summed E-state index contributed by atoms with van der Waals surface area (Å²) in [4.78, 5) is 36.2. The molecule has 0 saturated heterocycles. The van der Waals surface area contributed by atoms with Gasteiger partial charge >= 0.3 is 5.97 Å². The molecule has 0 aliphatic rings. The second-order valence-corrected chi connectivity index (χ2v) is 5.84. The molecule has 0 fully saturated rings. The van der Waals surface area contributed by atoms with Gasteiger partial charge in [-0.1, -0.05) is 30.3 Å². The molecule has 0 saturated carbocycles. The number of hydrogen-bond donors (Lipinski definition) is 3. The Morgan fingerprint density at radius 2 is 1.64 bits per heavy atom. The maximum Gasteiger partial charge on any atom is 0.331 e. The van der Waals surface area contributed by atoms with E-state index in [1.807, 2.05) is 0 Å². The molecule has 0 heterocycles. The van der Waals surface area contributed by atoms with Crippen molar-refractivity contribution >= 4 is 17.8 Å². The molecule has 2 rings (SSSR count). The van der Waals surface area contributed by atoms with Crippen molar-refractivity contribution in [2.75, 3.05) is 20.8 Å². The zero-order valence-corrected chi connectivity index (χ0v) is 15.5. The van der Waals surface area contributed by atoms with Gasteiger partial charge in [-0.25, -0.2) is 4.79 Å². The summed E-state index contributed by atoms with van der Waals surface area (Å²) < 4.78 is 9.72. The quantitative estimate of drug-likeness (QED) is 0.579. The van der Waals surface area contributed by atoms with Crippen molar-refractivity contribution in [3.05, 3.63) is 65.7 Å². The minimum absolute atomic E-state index is 0.365. The van der Waals surface area contributed by atoms with E-state index >= 15 is 0 Å². The van der Waals surface area contributed by atoms with Crippen molar-refractivity contribution in [1.29, 1.82) is 0 Å². The van der Waals surface area contributed by atoms with Crippen molar-refractivity contribution < 1.29 is 29.0 Å². The van der Waals surface area contributed by atoms with Crippen molar-refractivity contribution in [3.8, 4) is 5.75 Å². The first kappa shape index (κ1) is 20.9. The van der Waals surface area contributed by atoms with E-state index in [1.54, 1.807) is 54.6 Å². The third kappa shape index (κ3) is 5.55. The first-order valence-electron chi connectivity index (χ1n) is 8.48. The number of rotatable bonds is 8. The summed E-state index contributed by atoms with van der Waals surface area (Å²) in [6, 6.07) is 13.4. The molecule has 2 atom stereocenters. The monoisotopic (exact) mass is 386 g/mol. The second kappa shape index (κ2) is 10.1. The summed E-state index contributed by atoms with van der Waals surface area (Å²) >= 11 is 0. The van der Waals surface area contributed by atoms with Crippen LogP contribution in [0.4, 0.5) is 0 Å². The number of ether oxygens (including phenoxy) is 2. The number of amides is 2. The molecular formula is C20H22N2O6. The van der Waals surface area contributed by atoms with E-state index in [0.717, 1.165) is 7.11 Å². The Bertz CT molecular complexity index is 807. The summed E-state index contributed by atoms with van der Waals surface area (Å²) in [5.41, 5.74) is 0.794. The molecule has 3 N–H and O–H groups in total. The van der Waals surface area contributed by atoms with Crippen molar-refractivity contribution in [2.45, 2.75) is 12.1 Å². The molecule has 8 nitrogen and oxygen atoms in total. The smallest absolute Gasteiger partial charge is 0.331 e. The van der Waals surface area contributed by atoms with Gasteiger partial charge in [-0.15, -0.1) is 0 Å². The number of carbonyl (C=O) groups is 3. The first-order valence-corrected chi connectivity index (χ1v) is 8.48. The van der Waals surface area contributed by atoms with Crippen LogP contribution in [0.2, 0.25) is 0 Å². The molecule has 28 heavy (non-hydrogen) atoms. The molecule has 2 amide bonds. The van der Waals surface area contributed by atoms with Gasteiger partial charge in [-0.2, -0.15) is 0 Å². The van der Waals surface area contributed by atoms with E-state index < -0.39 is 29.9 Å². The van der Waals surface area contributed by atoms with Gasteiger partial charge in [0, 0.05) is 5.56 Å². The lowest BCUT2D eigenvalue weighted by Crippen LogP contribution is -2.48. The number of aliphatic hydroxyl groups is 1. The van der Waals surface area contributed by atoms with Crippen LogP contribution in [0, 0.1) is 0 Å². The zero-order valence-electron chi connectivity index (χ0n) is 15.5. The Balaban J connectivity index is 2.01. The fourth-order valence-electron chi connectivity index (χ4n) is 2.46. The van der Waals surface area contributed by atoms with E-state index in [4.69, 9.17) is 4.74 Å². The highest BCUT2D eigenvalue weighted by atomic mass is 16.5. The summed E-state index contributed by atoms with van der Waals surface area (Å²) in [5, 5.41) is 15.4. The van der Waals surface area contributed by atoms with Crippen LogP contribution in [0.15, 0.2) is 54.6 Å². The summed E-state index contributed by atoms with van der Waals surface area (Å²) in [6.45, 7) is -0.365. The van der Waals surface area contributed by atoms with Crippen LogP contribution in [0.3, 0.4) is 0 Å². The van der Waals surface area contributed by atoms with Crippen LogP contribution < -0.4 is 15.4 Å². The number of aliphatic hydroxyl groups excluding tert-OH is 1. The fraction of sp³-hybridized carbons (Fsp3) is 0.250. The summed E-state index contributed by atoms with van der Waals surface area (Å²) in [7, 11) is 2.66. The molecule has 0 aliphatic carbocycles. The molecule has 8 heteroatoms. The number of methoxy groups -OCH3 is 2. The van der Waals surface area contributed by atoms with Gasteiger partial charge in [0.15, 0.2) is 6.04 Å². The first-order chi connectivity index (χ1) is 13.5. The number of benzene rings is 2. The molecule has 2 aromatic carbocycles. The molecule has 0 radical (unpaired) electrons. The van der Waals surface area contributed by atoms with Gasteiger partial charge in [0.1, 0.15) is 11.9 Å². The topological polar surface area (TPSA) is 114 Å². The Morgan fingerprint density at radius 1 is 1.00 bits per heavy atom. The Morgan fingerprint density at radius 3 is 2.21 bits per heavy atom. The van der Waals surface area contributed by atoms with Gasteiger partial charge in [-0.3, -0.25) is 9.59 Å². The fourth-order valence-corrected chi connectivity index (χ4v) is 2.46. The Labute approximate surface area is 162 Å². The normalized spacial score (nSPS) is 12.4. The molecule has 148 valence electrons. The van der Waals surface area contributed by atoms with Crippen LogP contribution in [0.5, 0.6) is 5.75 Å². The Hall–Kier alpha value is -3.39. The second-order valence-electron chi connectivity index (χ2n) is 5.84. The lowest BCUT2D eigenvalue weighted by Gasteiger charge is -2.22. The van der Waals surface area contributed by atoms with E-state index in [9.17, 15) is 19.5 Å². The predicted octanol–water partition coefficient (Wildman–Crippen LogP) is 0.816. The van der Waals surface area contributed by atoms with E-state index in [0.29, 0.717) is 16.9 Å². The number of esters is 1. The number of hydrogen-bond acceptors (Lipinski definition) is 6. The van der Waals surface area contributed by atoms with Gasteiger partial charge in [0.05, 0.1) is 20.8 Å². The molecule has 0 aromatic heterocycles. The predicted molar refractivity (Wildman–Crippen MR) is 101 cm³/mol. The van der Waals surface area contributed by atoms with Gasteiger partial charge in [-0.05, 0) is 29.8 Å². The highest BCUT2D eigenvalue weighted by Crippen LogP contribution is 2.21. The van der Waals surface area contributed by atoms with Crippen LogP contribution in [0.25, 0.3) is 0 Å². The number of nitrogens with one attached hydrogen (secondary N) is 2. The molecule has 2 aromatic rings. The lowest BCUT2D eigenvalue weighted by atomic mass is 10.0. The lowest BCUT2D eigenvalue weighted by molar-refractivity contribution is -0.148. The van der Waals surface area contributed by atoms with E-state index in [1.165, 1.54) is 7.11 Å². The minimum atomic E-state index is -1.34. The molecule has 2 unspecified atom stereocenters. The van der Waals surface area contributed by atoms with Crippen molar-refractivity contribution in [1.82, 2.24) is 10.6 Å². The van der Waals surface area contributed by atoms with Crippen LogP contribution >= 0.6 is 0 Å². The number of carbonyl (C=O) groups excluding carboxylic acids is 3. The van der Waals surface area contributed by atoms with Crippen molar-refractivity contribution in [3.63, 3.8) is 0 Å². The highest BCUT2D eigenvalue weighted by Gasteiger charge is 2.30. The van der Waals surface area contributed by atoms with Gasteiger partial charge in [0.2, 0.25) is 5.91 Å². The average Bonchev–Trinajstić information content (AvgIpc) is 2.75. The van der Waals surface area contributed by atoms with Gasteiger partial charge in [0.25, 0.3) is 5.91 Å². The van der Waals surface area contributed by atoms with Crippen molar-refractivity contribution in [2.24, 2.45) is 0 Å². The maximum absolute atomic E-state index is 12.2. The van der Waals surface area contributed by atoms with Crippen LogP contribution in [-0.4, -0.2) is 49.7 Å². The zero-order chi connectivity index (χ0) is 20.5. The SMILES string of the molecule is COC(=O)C(NC(=O)CNC(=O)c1ccccc1)C(O)c1ccc(OC)cc1. The summed E-state index contributed by atoms with van der Waals surface area (Å²) in [6.07, 6.45) is -1.34. The average molecular weight is 386 g/mol. The maximum atomic E-state index is 12.2. The molecule has 0 aliphatic heterocycles. The largest absolute Gasteiger partial charge is 0.497 e. The van der Waals surface area contributed by atoms with Crippen LogP contribution in [-0.2, 0) is 14.3 Å². The minimum Gasteiger partial charge on any atom is -0.497 e. The summed E-state index contributed by atoms with van der Waals surface area (Å²) in [5.74, 6) is -1.31. The molecule has 0 spiro atoms. The highest BCUT2D eigenvalue weighted by molar-refractivity contribution is 5.96. The molecular weight excluding hydrogens is 364 g/mol. The standard InChI is InChI=1S/C20H22N2O6/c1-27-15-10-8-13(9-11-15)18(24)17(20(26)28-2)22-16(23)12-21-19(25)14-6-4-3-5-7-14/h3-11,17-18,24H,12H2,1-2H3,(H,21,25)(H,22,23). The van der Waals surface area contributed by atoms with Gasteiger partial charge < -0.3 is 25.2 Å². The van der Waals surface area contributed by atoms with E-state index in [2.05, 4.69) is 15.4 Å². The molecule has 0 bridgehead atoms. The Kier molecular flexibility index (Phi) is 7.53. The third-order valence-electron chi connectivity index (χ3n) is 3.99. The van der Waals surface area contributed by atoms with E-state index in [-0.39, 0.29) is 6.54 Å². The third-order valence-corrected chi connectivity index (χ3v) is 3.99.